The van der Waals surface area contributed by atoms with Crippen molar-refractivity contribution < 1.29 is 19.4 Å². The van der Waals surface area contributed by atoms with Gasteiger partial charge in [0.15, 0.2) is 0 Å². The van der Waals surface area contributed by atoms with Crippen LogP contribution in [0.4, 0.5) is 4.79 Å². The molecule has 1 aliphatic carbocycles. The van der Waals surface area contributed by atoms with Gasteiger partial charge in [-0.1, -0.05) is 57.2 Å². The zero-order valence-corrected chi connectivity index (χ0v) is 25.1. The van der Waals surface area contributed by atoms with Crippen LogP contribution in [0, 0.1) is 19.8 Å². The third-order valence-electron chi connectivity index (χ3n) is 10.5. The Morgan fingerprint density at radius 2 is 1.65 bits per heavy atom. The van der Waals surface area contributed by atoms with Crippen LogP contribution in [0.15, 0.2) is 18.2 Å². The van der Waals surface area contributed by atoms with E-state index in [0.29, 0.717) is 25.0 Å². The molecule has 1 N–H and O–H groups in total. The number of likely N-dealkylation sites (tertiary alicyclic amines) is 2. The van der Waals surface area contributed by atoms with Gasteiger partial charge in [-0.2, -0.15) is 0 Å². The normalized spacial score (nSPS) is 25.7. The van der Waals surface area contributed by atoms with E-state index in [0.717, 1.165) is 113 Å². The maximum Gasteiger partial charge on any atom is 0.410 e. The fourth-order valence-electron chi connectivity index (χ4n) is 8.01. The van der Waals surface area contributed by atoms with Gasteiger partial charge in [0.25, 0.3) is 5.91 Å². The molecular formula is C33H51N3O4. The largest absolute Gasteiger partial charge is 0.442 e. The lowest BCUT2D eigenvalue weighted by molar-refractivity contribution is -0.136. The lowest BCUT2D eigenvalue weighted by Crippen LogP contribution is -2.62. The number of aliphatic hydroxyl groups is 1. The van der Waals surface area contributed by atoms with Crippen molar-refractivity contribution in [3.8, 4) is 0 Å². The minimum atomic E-state index is -0.755. The van der Waals surface area contributed by atoms with Crippen LogP contribution in [-0.4, -0.2) is 88.3 Å². The van der Waals surface area contributed by atoms with Crippen molar-refractivity contribution in [1.29, 1.82) is 0 Å². The summed E-state index contributed by atoms with van der Waals surface area (Å²) in [4.78, 5) is 33.0. The molecule has 3 aliphatic heterocycles. The zero-order valence-electron chi connectivity index (χ0n) is 25.1. The lowest BCUT2D eigenvalue weighted by Gasteiger charge is -2.53. The standard InChI is InChI=1S/C33H51N3O4/c1-4-5-12-27-23-36(24-32(39)15-7-6-8-16-32)31(38)40-33(27)17-21-34(22-18-33)28-13-19-35(20-14-28)30(37)29-25(2)10-9-11-26(29)3/h9-11,27-28,39H,4-8,12-24H2,1-3H3. The zero-order chi connectivity index (χ0) is 28.3. The molecule has 1 aromatic carbocycles. The van der Waals surface area contributed by atoms with Crippen LogP contribution < -0.4 is 0 Å². The molecule has 1 unspecified atom stereocenters. The highest BCUT2D eigenvalue weighted by atomic mass is 16.6. The Labute approximate surface area is 241 Å². The highest BCUT2D eigenvalue weighted by molar-refractivity contribution is 5.97. The van der Waals surface area contributed by atoms with E-state index in [9.17, 15) is 14.7 Å². The van der Waals surface area contributed by atoms with Crippen molar-refractivity contribution in [2.24, 2.45) is 5.92 Å². The molecule has 0 radical (unpaired) electrons. The summed E-state index contributed by atoms with van der Waals surface area (Å²) in [7, 11) is 0. The van der Waals surface area contributed by atoms with Gasteiger partial charge in [-0.3, -0.25) is 9.69 Å². The Bertz CT molecular complexity index is 1020. The van der Waals surface area contributed by atoms with E-state index in [-0.39, 0.29) is 17.6 Å². The minimum Gasteiger partial charge on any atom is -0.442 e. The molecule has 3 heterocycles. The molecule has 4 aliphatic rings. The van der Waals surface area contributed by atoms with Gasteiger partial charge >= 0.3 is 6.09 Å². The SMILES string of the molecule is CCCCC1CN(CC2(O)CCCCC2)C(=O)OC12CCN(C1CCN(C(=O)c3c(C)cccc3C)CC1)CC2. The second-order valence-corrected chi connectivity index (χ2v) is 13.3. The number of rotatable bonds is 7. The van der Waals surface area contributed by atoms with Crippen molar-refractivity contribution in [3.63, 3.8) is 0 Å². The number of carbonyl (C=O) groups is 2. The Morgan fingerprint density at radius 1 is 1.00 bits per heavy atom. The van der Waals surface area contributed by atoms with Gasteiger partial charge < -0.3 is 19.6 Å². The summed E-state index contributed by atoms with van der Waals surface area (Å²) in [5.41, 5.74) is 1.84. The second-order valence-electron chi connectivity index (χ2n) is 13.3. The first-order valence-corrected chi connectivity index (χ1v) is 16.0. The van der Waals surface area contributed by atoms with E-state index in [2.05, 4.69) is 11.8 Å². The van der Waals surface area contributed by atoms with Crippen molar-refractivity contribution >= 4 is 12.0 Å². The van der Waals surface area contributed by atoms with Gasteiger partial charge in [0.1, 0.15) is 5.60 Å². The number of piperidine rings is 2. The molecule has 222 valence electrons. The number of nitrogens with zero attached hydrogens (tertiary/aromatic N) is 3. The first kappa shape index (κ1) is 29.4. The lowest BCUT2D eigenvalue weighted by atomic mass is 9.74. The van der Waals surface area contributed by atoms with Gasteiger partial charge in [-0.15, -0.1) is 0 Å². The number of aryl methyl sites for hydroxylation is 2. The number of hydrogen-bond acceptors (Lipinski definition) is 5. The smallest absolute Gasteiger partial charge is 0.410 e. The molecule has 7 heteroatoms. The number of ether oxygens (including phenoxy) is 1. The average Bonchev–Trinajstić information content (AvgIpc) is 2.94. The molecule has 1 saturated carbocycles. The van der Waals surface area contributed by atoms with E-state index in [1.807, 2.05) is 41.8 Å². The van der Waals surface area contributed by atoms with E-state index in [1.165, 1.54) is 6.42 Å². The van der Waals surface area contributed by atoms with Crippen molar-refractivity contribution in [1.82, 2.24) is 14.7 Å². The molecule has 2 amide bonds. The molecule has 5 rings (SSSR count). The van der Waals surface area contributed by atoms with Crippen LogP contribution in [0.3, 0.4) is 0 Å². The number of benzene rings is 1. The molecule has 7 nitrogen and oxygen atoms in total. The Hall–Kier alpha value is -2.12. The summed E-state index contributed by atoms with van der Waals surface area (Å²) in [5, 5.41) is 11.1. The third-order valence-corrected chi connectivity index (χ3v) is 10.5. The maximum absolute atomic E-state index is 13.3. The van der Waals surface area contributed by atoms with Gasteiger partial charge in [0.2, 0.25) is 0 Å². The van der Waals surface area contributed by atoms with Crippen molar-refractivity contribution in [2.75, 3.05) is 39.3 Å². The number of unbranched alkanes of at least 4 members (excludes halogenated alkanes) is 1. The van der Waals surface area contributed by atoms with Gasteiger partial charge in [0, 0.05) is 63.1 Å². The number of amides is 2. The molecule has 1 atom stereocenters. The molecule has 4 fully saturated rings. The topological polar surface area (TPSA) is 73.3 Å². The first-order chi connectivity index (χ1) is 19.2. The molecule has 1 aromatic rings. The highest BCUT2D eigenvalue weighted by Gasteiger charge is 2.51. The van der Waals surface area contributed by atoms with E-state index in [1.54, 1.807) is 0 Å². The highest BCUT2D eigenvalue weighted by Crippen LogP contribution is 2.42. The van der Waals surface area contributed by atoms with Gasteiger partial charge in [0.05, 0.1) is 12.1 Å². The summed E-state index contributed by atoms with van der Waals surface area (Å²) in [6, 6.07) is 6.55. The summed E-state index contributed by atoms with van der Waals surface area (Å²) < 4.78 is 6.38. The minimum absolute atomic E-state index is 0.168. The van der Waals surface area contributed by atoms with Crippen LogP contribution >= 0.6 is 0 Å². The Balaban J connectivity index is 1.17. The molecule has 1 spiro atoms. The quantitative estimate of drug-likeness (QED) is 0.469. The molecular weight excluding hydrogens is 502 g/mol. The van der Waals surface area contributed by atoms with E-state index < -0.39 is 5.60 Å². The first-order valence-electron chi connectivity index (χ1n) is 16.0. The second kappa shape index (κ2) is 12.4. The fourth-order valence-corrected chi connectivity index (χ4v) is 8.01. The Kier molecular flexibility index (Phi) is 9.11. The van der Waals surface area contributed by atoms with E-state index in [4.69, 9.17) is 4.74 Å². The predicted octanol–water partition coefficient (Wildman–Crippen LogP) is 5.70. The molecule has 0 bridgehead atoms. The monoisotopic (exact) mass is 553 g/mol. The fraction of sp³-hybridized carbons (Fsp3) is 0.758. The van der Waals surface area contributed by atoms with Crippen LogP contribution in [0.1, 0.15) is 105 Å². The predicted molar refractivity (Wildman–Crippen MR) is 157 cm³/mol. The average molecular weight is 554 g/mol. The third kappa shape index (κ3) is 6.20. The molecule has 0 aromatic heterocycles. The summed E-state index contributed by atoms with van der Waals surface area (Å²) in [5.74, 6) is 0.485. The summed E-state index contributed by atoms with van der Waals surface area (Å²) >= 11 is 0. The summed E-state index contributed by atoms with van der Waals surface area (Å²) in [6.45, 7) is 10.9. The number of carbonyl (C=O) groups excluding carboxylic acids is 2. The van der Waals surface area contributed by atoms with Crippen LogP contribution in [-0.2, 0) is 4.74 Å². The van der Waals surface area contributed by atoms with Crippen molar-refractivity contribution in [2.45, 2.75) is 115 Å². The molecule has 40 heavy (non-hydrogen) atoms. The number of hydrogen-bond donors (Lipinski definition) is 1. The maximum atomic E-state index is 13.3. The van der Waals surface area contributed by atoms with Gasteiger partial charge in [-0.25, -0.2) is 4.79 Å². The summed E-state index contributed by atoms with van der Waals surface area (Å²) in [6.07, 6.45) is 11.7. The number of β-amino-alcohol motifs (C(OH)–C–C–N with tert-alkyl or cyclic N) is 1. The van der Waals surface area contributed by atoms with Crippen LogP contribution in [0.2, 0.25) is 0 Å². The van der Waals surface area contributed by atoms with Gasteiger partial charge in [-0.05, 0) is 57.1 Å². The van der Waals surface area contributed by atoms with Crippen LogP contribution in [0.5, 0.6) is 0 Å². The van der Waals surface area contributed by atoms with Crippen molar-refractivity contribution in [3.05, 3.63) is 34.9 Å². The van der Waals surface area contributed by atoms with Crippen LogP contribution in [0.25, 0.3) is 0 Å². The Morgan fingerprint density at radius 3 is 2.27 bits per heavy atom. The van der Waals surface area contributed by atoms with E-state index >= 15 is 0 Å². The molecule has 3 saturated heterocycles.